The molecule has 0 aliphatic heterocycles. The normalized spacial score (nSPS) is 13.3. The predicted molar refractivity (Wildman–Crippen MR) is 182 cm³/mol. The first kappa shape index (κ1) is 29.0. The second-order valence-corrected chi connectivity index (χ2v) is 12.3. The average Bonchev–Trinajstić information content (AvgIpc) is 3.50. The minimum absolute atomic E-state index is 0.166. The zero-order valence-electron chi connectivity index (χ0n) is 26.1. The van der Waals surface area contributed by atoms with E-state index in [1.165, 1.54) is 18.2 Å². The smallest absolute Gasteiger partial charge is 0.230 e. The third kappa shape index (κ3) is 4.77. The van der Waals surface area contributed by atoms with Gasteiger partial charge in [0.2, 0.25) is 11.7 Å². The quantitative estimate of drug-likeness (QED) is 0.154. The van der Waals surface area contributed by atoms with Crippen molar-refractivity contribution in [2.45, 2.75) is 24.3 Å². The Kier molecular flexibility index (Phi) is 6.79. The molecule has 0 N–H and O–H groups in total. The highest BCUT2D eigenvalue weighted by atomic mass is 19.1. The monoisotopic (exact) mass is 646 g/mol. The molecule has 238 valence electrons. The molecule has 0 atom stereocenters. The second kappa shape index (κ2) is 11.5. The van der Waals surface area contributed by atoms with Gasteiger partial charge in [-0.3, -0.25) is 9.08 Å². The number of fused-ring (bicyclic) bond motifs is 1. The third-order valence-corrected chi connectivity index (χ3v) is 9.25. The van der Waals surface area contributed by atoms with Crippen LogP contribution in [0.1, 0.15) is 41.3 Å². The van der Waals surface area contributed by atoms with Gasteiger partial charge >= 0.3 is 0 Å². The minimum atomic E-state index is -1.01. The molecule has 0 saturated heterocycles. The van der Waals surface area contributed by atoms with Crippen molar-refractivity contribution in [3.05, 3.63) is 174 Å². The van der Waals surface area contributed by atoms with E-state index < -0.39 is 17.2 Å². The van der Waals surface area contributed by atoms with Crippen LogP contribution in [0.25, 0.3) is 39.5 Å². The number of nitrogens with zero attached hydrogens (tertiary/aromatic N) is 6. The van der Waals surface area contributed by atoms with Crippen molar-refractivity contribution in [2.24, 2.45) is 0 Å². The first-order valence-electron chi connectivity index (χ1n) is 16.1. The van der Waals surface area contributed by atoms with Gasteiger partial charge in [-0.25, -0.2) is 13.8 Å². The summed E-state index contributed by atoms with van der Waals surface area (Å²) >= 11 is 0. The lowest BCUT2D eigenvalue weighted by atomic mass is 9.77. The Morgan fingerprint density at radius 2 is 1.31 bits per heavy atom. The van der Waals surface area contributed by atoms with Crippen LogP contribution in [-0.4, -0.2) is 29.3 Å². The Labute approximate surface area is 280 Å². The lowest BCUT2D eigenvalue weighted by Crippen LogP contribution is -2.38. The van der Waals surface area contributed by atoms with Crippen LogP contribution >= 0.6 is 0 Å². The molecule has 4 aromatic heterocycles. The van der Waals surface area contributed by atoms with E-state index in [4.69, 9.17) is 9.62 Å². The summed E-state index contributed by atoms with van der Waals surface area (Å²) in [6.07, 6.45) is 7.53. The van der Waals surface area contributed by atoms with Crippen molar-refractivity contribution in [3.8, 4) is 33.9 Å². The fourth-order valence-corrected chi connectivity index (χ4v) is 6.74. The van der Waals surface area contributed by atoms with E-state index in [1.807, 2.05) is 88.2 Å². The summed E-state index contributed by atoms with van der Waals surface area (Å²) in [7, 11) is 0. The molecular formula is C40H28F2N6O. The maximum absolute atomic E-state index is 15.7. The molecule has 0 spiro atoms. The fraction of sp³-hybridized carbons (Fsp3) is 0.100. The number of halogens is 2. The SMILES string of the molecule is Fc1cccc(F)c1-c1nn(C(c2ccccc2)(c2ccccc2)c2ccccc2)cc1-c1ccc2ncc(-c3noc(C4CC4)n3)n2c1. The highest BCUT2D eigenvalue weighted by Gasteiger charge is 2.40. The van der Waals surface area contributed by atoms with Crippen molar-refractivity contribution in [2.75, 3.05) is 0 Å². The number of rotatable bonds is 8. The maximum Gasteiger partial charge on any atom is 0.230 e. The van der Waals surface area contributed by atoms with Crippen LogP contribution in [0.15, 0.2) is 144 Å². The number of pyridine rings is 1. The Balaban J connectivity index is 1.33. The highest BCUT2D eigenvalue weighted by Crippen LogP contribution is 2.44. The first-order chi connectivity index (χ1) is 24.1. The third-order valence-electron chi connectivity index (χ3n) is 9.25. The summed E-state index contributed by atoms with van der Waals surface area (Å²) in [5, 5.41) is 9.37. The Morgan fingerprint density at radius 3 is 1.90 bits per heavy atom. The van der Waals surface area contributed by atoms with Crippen LogP contribution in [-0.2, 0) is 5.54 Å². The number of benzene rings is 4. The minimum Gasteiger partial charge on any atom is -0.339 e. The van der Waals surface area contributed by atoms with E-state index in [0.29, 0.717) is 40.1 Å². The van der Waals surface area contributed by atoms with Gasteiger partial charge in [0.25, 0.3) is 0 Å². The first-order valence-corrected chi connectivity index (χ1v) is 16.1. The number of imidazole rings is 1. The van der Waals surface area contributed by atoms with Crippen LogP contribution in [0, 0.1) is 11.6 Å². The van der Waals surface area contributed by atoms with E-state index in [0.717, 1.165) is 29.5 Å². The average molecular weight is 647 g/mol. The molecule has 49 heavy (non-hydrogen) atoms. The van der Waals surface area contributed by atoms with E-state index in [2.05, 4.69) is 51.5 Å². The zero-order chi connectivity index (χ0) is 33.0. The van der Waals surface area contributed by atoms with Crippen molar-refractivity contribution in [3.63, 3.8) is 0 Å². The number of hydrogen-bond acceptors (Lipinski definition) is 5. The van der Waals surface area contributed by atoms with Gasteiger partial charge in [-0.1, -0.05) is 102 Å². The van der Waals surface area contributed by atoms with Gasteiger partial charge in [0.05, 0.1) is 11.8 Å². The van der Waals surface area contributed by atoms with Crippen molar-refractivity contribution < 1.29 is 13.3 Å². The van der Waals surface area contributed by atoms with Gasteiger partial charge in [0.1, 0.15) is 34.2 Å². The van der Waals surface area contributed by atoms with Gasteiger partial charge in [-0.05, 0) is 53.8 Å². The summed E-state index contributed by atoms with van der Waals surface area (Å²) in [5.74, 6) is -0.0584. The summed E-state index contributed by atoms with van der Waals surface area (Å²) in [5.41, 5.74) is 4.24. The molecule has 0 unspecified atom stereocenters. The van der Waals surface area contributed by atoms with Gasteiger partial charge in [-0.2, -0.15) is 10.1 Å². The summed E-state index contributed by atoms with van der Waals surface area (Å²) in [4.78, 5) is 9.21. The van der Waals surface area contributed by atoms with Crippen LogP contribution in [0.4, 0.5) is 8.78 Å². The molecule has 1 saturated carbocycles. The van der Waals surface area contributed by atoms with Crippen molar-refractivity contribution >= 4 is 5.65 Å². The molecule has 4 aromatic carbocycles. The van der Waals surface area contributed by atoms with Gasteiger partial charge < -0.3 is 4.52 Å². The molecule has 1 fully saturated rings. The molecule has 4 heterocycles. The summed E-state index contributed by atoms with van der Waals surface area (Å²) in [6.45, 7) is 0. The number of hydrogen-bond donors (Lipinski definition) is 0. The molecule has 8 aromatic rings. The van der Waals surface area contributed by atoms with E-state index >= 15 is 8.78 Å². The van der Waals surface area contributed by atoms with Crippen molar-refractivity contribution in [1.29, 1.82) is 0 Å². The highest BCUT2D eigenvalue weighted by molar-refractivity contribution is 5.82. The lowest BCUT2D eigenvalue weighted by molar-refractivity contribution is 0.380. The van der Waals surface area contributed by atoms with Gasteiger partial charge in [0.15, 0.2) is 0 Å². The Morgan fingerprint density at radius 1 is 0.694 bits per heavy atom. The largest absolute Gasteiger partial charge is 0.339 e. The molecule has 1 aliphatic rings. The van der Waals surface area contributed by atoms with Crippen LogP contribution in [0.2, 0.25) is 0 Å². The second-order valence-electron chi connectivity index (χ2n) is 12.3. The molecule has 9 heteroatoms. The van der Waals surface area contributed by atoms with E-state index in [9.17, 15) is 0 Å². The molecular weight excluding hydrogens is 618 g/mol. The fourth-order valence-electron chi connectivity index (χ4n) is 6.74. The number of aromatic nitrogens is 6. The molecule has 0 amide bonds. The molecule has 7 nitrogen and oxygen atoms in total. The molecule has 0 radical (unpaired) electrons. The van der Waals surface area contributed by atoms with Gasteiger partial charge in [0, 0.05) is 29.4 Å². The molecule has 0 bridgehead atoms. The zero-order valence-corrected chi connectivity index (χ0v) is 26.1. The summed E-state index contributed by atoms with van der Waals surface area (Å²) in [6, 6.07) is 37.7. The van der Waals surface area contributed by atoms with E-state index in [1.54, 1.807) is 6.20 Å². The van der Waals surface area contributed by atoms with Gasteiger partial charge in [-0.15, -0.1) is 0 Å². The molecule has 1 aliphatic carbocycles. The Hall–Kier alpha value is -6.22. The molecule has 9 rings (SSSR count). The summed E-state index contributed by atoms with van der Waals surface area (Å²) < 4.78 is 40.7. The maximum atomic E-state index is 15.7. The van der Waals surface area contributed by atoms with Crippen LogP contribution in [0.5, 0.6) is 0 Å². The Bertz CT molecular complexity index is 2310. The van der Waals surface area contributed by atoms with E-state index in [-0.39, 0.29) is 11.3 Å². The standard InChI is InChI=1S/C40H28F2N6O/c41-32-17-10-18-33(42)36(32)37-31(27-21-22-35-43-23-34(47(35)24-27)38-44-39(49-46-38)26-19-20-26)25-48(45-37)40(28-11-4-1-5-12-28,29-13-6-2-7-14-29)30-15-8-3-9-16-30/h1-18,21-26H,19-20H2. The predicted octanol–water partition coefficient (Wildman–Crippen LogP) is 8.91. The lowest BCUT2D eigenvalue weighted by Gasteiger charge is -2.36. The van der Waals surface area contributed by atoms with Crippen LogP contribution in [0.3, 0.4) is 0 Å². The van der Waals surface area contributed by atoms with Crippen LogP contribution < -0.4 is 0 Å². The van der Waals surface area contributed by atoms with Crippen molar-refractivity contribution in [1.82, 2.24) is 29.3 Å². The topological polar surface area (TPSA) is 74.0 Å².